The van der Waals surface area contributed by atoms with Gasteiger partial charge in [0, 0.05) is 24.1 Å². The quantitative estimate of drug-likeness (QED) is 0.881. The maximum atomic E-state index is 11.7. The molecule has 0 saturated heterocycles. The molecule has 3 heteroatoms. The van der Waals surface area contributed by atoms with Crippen LogP contribution in [0, 0.1) is 5.41 Å². The fourth-order valence-electron chi connectivity index (χ4n) is 3.24. The third kappa shape index (κ3) is 1.17. The first-order chi connectivity index (χ1) is 8.40. The molecular formula is C15H17NO2. The molecule has 0 aliphatic heterocycles. The lowest BCUT2D eigenvalue weighted by molar-refractivity contribution is -0.141. The highest BCUT2D eigenvalue weighted by molar-refractivity contribution is 5.95. The minimum Gasteiger partial charge on any atom is -0.481 e. The molecule has 1 unspecified atom stereocenters. The second-order valence-electron chi connectivity index (χ2n) is 5.94. The average molecular weight is 243 g/mol. The zero-order valence-electron chi connectivity index (χ0n) is 10.9. The van der Waals surface area contributed by atoms with Crippen LogP contribution in [0.5, 0.6) is 0 Å². The molecule has 1 heterocycles. The monoisotopic (exact) mass is 243 g/mol. The van der Waals surface area contributed by atoms with Crippen LogP contribution in [0.4, 0.5) is 0 Å². The maximum absolute atomic E-state index is 11.7. The van der Waals surface area contributed by atoms with Gasteiger partial charge in [-0.25, -0.2) is 0 Å². The fraction of sp³-hybridized carbons (Fsp3) is 0.400. The zero-order chi connectivity index (χ0) is 13.1. The number of para-hydroxylation sites is 1. The molecular weight excluding hydrogens is 226 g/mol. The largest absolute Gasteiger partial charge is 0.481 e. The molecule has 2 aromatic rings. The summed E-state index contributed by atoms with van der Waals surface area (Å²) in [6.07, 6.45) is 2.69. The number of aryl methyl sites for hydroxylation is 1. The van der Waals surface area contributed by atoms with E-state index in [0.29, 0.717) is 6.42 Å². The molecule has 94 valence electrons. The van der Waals surface area contributed by atoms with Crippen molar-refractivity contribution in [1.29, 1.82) is 0 Å². The smallest absolute Gasteiger partial charge is 0.314 e. The second kappa shape index (κ2) is 3.16. The van der Waals surface area contributed by atoms with E-state index < -0.39 is 11.4 Å². The van der Waals surface area contributed by atoms with E-state index in [-0.39, 0.29) is 5.41 Å². The number of aromatic nitrogens is 1. The molecule has 1 atom stereocenters. The summed E-state index contributed by atoms with van der Waals surface area (Å²) in [4.78, 5) is 11.7. The molecule has 1 aliphatic rings. The van der Waals surface area contributed by atoms with Crippen LogP contribution in [0.25, 0.3) is 10.9 Å². The van der Waals surface area contributed by atoms with Crippen molar-refractivity contribution in [2.75, 3.05) is 0 Å². The summed E-state index contributed by atoms with van der Waals surface area (Å²) < 4.78 is 2.02. The van der Waals surface area contributed by atoms with Gasteiger partial charge in [0.15, 0.2) is 0 Å². The van der Waals surface area contributed by atoms with Crippen LogP contribution in [-0.4, -0.2) is 15.6 Å². The Morgan fingerprint density at radius 3 is 2.50 bits per heavy atom. The SMILES string of the molecule is Cn1cc(C2(C(=O)O)CC2(C)C)c2ccccc21. The number of carboxylic acids is 1. The predicted molar refractivity (Wildman–Crippen MR) is 70.6 cm³/mol. The lowest BCUT2D eigenvalue weighted by atomic mass is 9.88. The van der Waals surface area contributed by atoms with Crippen molar-refractivity contribution in [2.45, 2.75) is 25.7 Å². The number of hydrogen-bond acceptors (Lipinski definition) is 1. The fourth-order valence-corrected chi connectivity index (χ4v) is 3.24. The molecule has 1 N–H and O–H groups in total. The molecule has 0 spiro atoms. The topological polar surface area (TPSA) is 42.2 Å². The van der Waals surface area contributed by atoms with E-state index in [1.54, 1.807) is 0 Å². The Morgan fingerprint density at radius 2 is 1.94 bits per heavy atom. The Labute approximate surface area is 106 Å². The Hall–Kier alpha value is -1.77. The van der Waals surface area contributed by atoms with Crippen LogP contribution in [-0.2, 0) is 17.3 Å². The van der Waals surface area contributed by atoms with Crippen molar-refractivity contribution < 1.29 is 9.90 Å². The maximum Gasteiger partial charge on any atom is 0.314 e. The van der Waals surface area contributed by atoms with Gasteiger partial charge in [0.25, 0.3) is 0 Å². The Bertz CT molecular complexity index is 654. The van der Waals surface area contributed by atoms with Crippen molar-refractivity contribution in [3.05, 3.63) is 36.0 Å². The van der Waals surface area contributed by atoms with Gasteiger partial charge < -0.3 is 9.67 Å². The van der Waals surface area contributed by atoms with E-state index in [1.807, 2.05) is 55.9 Å². The van der Waals surface area contributed by atoms with Crippen molar-refractivity contribution in [1.82, 2.24) is 4.57 Å². The molecule has 0 amide bonds. The first-order valence-corrected chi connectivity index (χ1v) is 6.18. The summed E-state index contributed by atoms with van der Waals surface area (Å²) in [5, 5.41) is 10.7. The van der Waals surface area contributed by atoms with E-state index in [1.165, 1.54) is 0 Å². The van der Waals surface area contributed by atoms with E-state index in [9.17, 15) is 9.90 Å². The molecule has 0 bridgehead atoms. The van der Waals surface area contributed by atoms with Crippen LogP contribution in [0.15, 0.2) is 30.5 Å². The highest BCUT2D eigenvalue weighted by atomic mass is 16.4. The number of carboxylic acid groups (broad SMARTS) is 1. The lowest BCUT2D eigenvalue weighted by Gasteiger charge is -2.14. The van der Waals surface area contributed by atoms with Gasteiger partial charge in [-0.1, -0.05) is 32.0 Å². The van der Waals surface area contributed by atoms with Gasteiger partial charge in [0.05, 0.1) is 0 Å². The molecule has 3 nitrogen and oxygen atoms in total. The summed E-state index contributed by atoms with van der Waals surface area (Å²) in [6, 6.07) is 8.00. The third-order valence-corrected chi connectivity index (χ3v) is 4.46. The van der Waals surface area contributed by atoms with Crippen molar-refractivity contribution in [3.63, 3.8) is 0 Å². The molecule has 3 rings (SSSR count). The molecule has 1 aliphatic carbocycles. The third-order valence-electron chi connectivity index (χ3n) is 4.46. The van der Waals surface area contributed by atoms with Crippen LogP contribution in [0.3, 0.4) is 0 Å². The van der Waals surface area contributed by atoms with Gasteiger partial charge in [-0.05, 0) is 23.5 Å². The summed E-state index contributed by atoms with van der Waals surface area (Å²) in [6.45, 7) is 4.06. The van der Waals surface area contributed by atoms with Crippen LogP contribution >= 0.6 is 0 Å². The van der Waals surface area contributed by atoms with Crippen LogP contribution in [0.2, 0.25) is 0 Å². The number of nitrogens with zero attached hydrogens (tertiary/aromatic N) is 1. The number of hydrogen-bond donors (Lipinski definition) is 1. The highest BCUT2D eigenvalue weighted by Gasteiger charge is 2.68. The Balaban J connectivity index is 2.31. The molecule has 18 heavy (non-hydrogen) atoms. The molecule has 1 aromatic carbocycles. The molecule has 0 radical (unpaired) electrons. The van der Waals surface area contributed by atoms with E-state index in [2.05, 4.69) is 0 Å². The van der Waals surface area contributed by atoms with Crippen molar-refractivity contribution in [3.8, 4) is 0 Å². The summed E-state index contributed by atoms with van der Waals surface area (Å²) >= 11 is 0. The first-order valence-electron chi connectivity index (χ1n) is 6.18. The van der Waals surface area contributed by atoms with Crippen molar-refractivity contribution in [2.24, 2.45) is 12.5 Å². The van der Waals surface area contributed by atoms with Crippen molar-refractivity contribution >= 4 is 16.9 Å². The minimum absolute atomic E-state index is 0.164. The van der Waals surface area contributed by atoms with Gasteiger partial charge in [0.1, 0.15) is 5.41 Å². The van der Waals surface area contributed by atoms with Gasteiger partial charge >= 0.3 is 5.97 Å². The number of carbonyl (C=O) groups is 1. The van der Waals surface area contributed by atoms with Crippen LogP contribution < -0.4 is 0 Å². The Kier molecular flexibility index (Phi) is 1.99. The zero-order valence-corrected chi connectivity index (χ0v) is 10.9. The highest BCUT2D eigenvalue weighted by Crippen LogP contribution is 2.65. The van der Waals surface area contributed by atoms with E-state index in [4.69, 9.17) is 0 Å². The number of aliphatic carboxylic acids is 1. The van der Waals surface area contributed by atoms with Gasteiger partial charge in [0.2, 0.25) is 0 Å². The summed E-state index contributed by atoms with van der Waals surface area (Å²) in [7, 11) is 1.97. The average Bonchev–Trinajstić information content (AvgIpc) is 2.74. The standard InChI is InChI=1S/C15H17NO2/c1-14(2)9-15(14,13(17)18)11-8-16(3)12-7-5-4-6-10(11)12/h4-8H,9H2,1-3H3,(H,17,18). The minimum atomic E-state index is -0.714. The van der Waals surface area contributed by atoms with E-state index >= 15 is 0 Å². The number of rotatable bonds is 2. The first kappa shape index (κ1) is 11.3. The lowest BCUT2D eigenvalue weighted by Crippen LogP contribution is -2.25. The molecule has 1 fully saturated rings. The van der Waals surface area contributed by atoms with Gasteiger partial charge in [-0.3, -0.25) is 4.79 Å². The number of fused-ring (bicyclic) bond motifs is 1. The normalized spacial score (nSPS) is 25.3. The summed E-state index contributed by atoms with van der Waals surface area (Å²) in [5.74, 6) is -0.705. The predicted octanol–water partition coefficient (Wildman–Crippen LogP) is 2.93. The number of benzene rings is 1. The van der Waals surface area contributed by atoms with Gasteiger partial charge in [-0.15, -0.1) is 0 Å². The summed E-state index contributed by atoms with van der Waals surface area (Å²) in [5.41, 5.74) is 1.17. The second-order valence-corrected chi connectivity index (χ2v) is 5.94. The van der Waals surface area contributed by atoms with Gasteiger partial charge in [-0.2, -0.15) is 0 Å². The Morgan fingerprint density at radius 1 is 1.33 bits per heavy atom. The van der Waals surface area contributed by atoms with E-state index in [0.717, 1.165) is 16.5 Å². The molecule has 1 aromatic heterocycles. The molecule has 1 saturated carbocycles. The van der Waals surface area contributed by atoms with Crippen LogP contribution in [0.1, 0.15) is 25.8 Å².